The number of nitrogens with one attached hydrogen (secondary N) is 1. The second-order valence-corrected chi connectivity index (χ2v) is 5.07. The molecule has 2 rings (SSSR count). The van der Waals surface area contributed by atoms with Gasteiger partial charge < -0.3 is 15.0 Å². The molecule has 6 nitrogen and oxygen atoms in total. The SMILES string of the molecule is CNCCN(C)C(=O)CN1C(=O)C(C)Oc2ccccc21.Cl. The topological polar surface area (TPSA) is 61.9 Å². The van der Waals surface area contributed by atoms with Gasteiger partial charge in [-0.05, 0) is 26.1 Å². The third-order valence-electron chi connectivity index (χ3n) is 3.49. The number of rotatable bonds is 5. The highest BCUT2D eigenvalue weighted by atomic mass is 35.5. The highest BCUT2D eigenvalue weighted by Gasteiger charge is 2.32. The number of ether oxygens (including phenoxy) is 1. The number of amides is 2. The zero-order valence-corrected chi connectivity index (χ0v) is 13.9. The van der Waals surface area contributed by atoms with Crippen LogP contribution in [0.2, 0.25) is 0 Å². The fourth-order valence-corrected chi connectivity index (χ4v) is 2.18. The Labute approximate surface area is 136 Å². The molecule has 2 amide bonds. The minimum Gasteiger partial charge on any atom is -0.479 e. The lowest BCUT2D eigenvalue weighted by Crippen LogP contribution is -2.49. The molecule has 122 valence electrons. The Hall–Kier alpha value is -1.79. The molecule has 0 saturated heterocycles. The minimum absolute atomic E-state index is 0. The summed E-state index contributed by atoms with van der Waals surface area (Å²) in [7, 11) is 3.57. The third kappa shape index (κ3) is 3.90. The van der Waals surface area contributed by atoms with Gasteiger partial charge in [-0.15, -0.1) is 12.4 Å². The predicted molar refractivity (Wildman–Crippen MR) is 87.7 cm³/mol. The van der Waals surface area contributed by atoms with Crippen molar-refractivity contribution in [2.24, 2.45) is 0 Å². The average Bonchev–Trinajstić information content (AvgIpc) is 2.49. The largest absolute Gasteiger partial charge is 0.479 e. The number of anilines is 1. The Morgan fingerprint density at radius 1 is 1.41 bits per heavy atom. The maximum Gasteiger partial charge on any atom is 0.268 e. The standard InChI is InChI=1S/C15H21N3O3.ClH/c1-11-15(20)18(10-14(19)17(3)9-8-16-2)12-6-4-5-7-13(12)21-11;/h4-7,11,16H,8-10H2,1-3H3;1H. The van der Waals surface area contributed by atoms with Gasteiger partial charge in [-0.25, -0.2) is 0 Å². The number of benzene rings is 1. The lowest BCUT2D eigenvalue weighted by molar-refractivity contribution is -0.132. The number of likely N-dealkylation sites (N-methyl/N-ethyl adjacent to an activating group) is 2. The van der Waals surface area contributed by atoms with Crippen molar-refractivity contribution >= 4 is 29.9 Å². The Bertz CT molecular complexity index is 539. The second-order valence-electron chi connectivity index (χ2n) is 5.07. The molecule has 22 heavy (non-hydrogen) atoms. The van der Waals surface area contributed by atoms with Crippen LogP contribution in [0.4, 0.5) is 5.69 Å². The number of nitrogens with zero attached hydrogens (tertiary/aromatic N) is 2. The fraction of sp³-hybridized carbons (Fsp3) is 0.467. The van der Waals surface area contributed by atoms with Crippen molar-refractivity contribution in [2.75, 3.05) is 38.6 Å². The summed E-state index contributed by atoms with van der Waals surface area (Å²) in [6.45, 7) is 3.04. The monoisotopic (exact) mass is 327 g/mol. The van der Waals surface area contributed by atoms with E-state index in [1.54, 1.807) is 31.0 Å². The predicted octanol–water partition coefficient (Wildman–Crippen LogP) is 0.900. The van der Waals surface area contributed by atoms with E-state index in [1.807, 2.05) is 19.2 Å². The molecular formula is C15H22ClN3O3. The highest BCUT2D eigenvalue weighted by Crippen LogP contribution is 2.33. The number of carbonyl (C=O) groups is 2. The molecule has 0 spiro atoms. The summed E-state index contributed by atoms with van der Waals surface area (Å²) in [6.07, 6.45) is -0.574. The fourth-order valence-electron chi connectivity index (χ4n) is 2.18. The zero-order chi connectivity index (χ0) is 15.4. The van der Waals surface area contributed by atoms with Gasteiger partial charge in [0, 0.05) is 20.1 Å². The van der Waals surface area contributed by atoms with Gasteiger partial charge in [0.15, 0.2) is 6.10 Å². The van der Waals surface area contributed by atoms with Crippen molar-refractivity contribution in [3.8, 4) is 5.75 Å². The van der Waals surface area contributed by atoms with E-state index in [0.29, 0.717) is 24.5 Å². The van der Waals surface area contributed by atoms with E-state index in [4.69, 9.17) is 4.74 Å². The molecule has 1 heterocycles. The van der Waals surface area contributed by atoms with E-state index in [2.05, 4.69) is 5.32 Å². The van der Waals surface area contributed by atoms with Crippen LogP contribution in [0.15, 0.2) is 24.3 Å². The molecule has 1 aromatic carbocycles. The molecule has 0 aliphatic carbocycles. The Balaban J connectivity index is 0.00000242. The lowest BCUT2D eigenvalue weighted by Gasteiger charge is -2.33. The maximum atomic E-state index is 12.3. The molecule has 0 radical (unpaired) electrons. The zero-order valence-electron chi connectivity index (χ0n) is 13.0. The van der Waals surface area contributed by atoms with Crippen LogP contribution in [0.3, 0.4) is 0 Å². The molecule has 1 N–H and O–H groups in total. The van der Waals surface area contributed by atoms with Crippen LogP contribution in [-0.4, -0.2) is 56.5 Å². The summed E-state index contributed by atoms with van der Waals surface area (Å²) in [5.74, 6) is 0.349. The average molecular weight is 328 g/mol. The van der Waals surface area contributed by atoms with Crippen LogP contribution < -0.4 is 15.0 Å². The summed E-state index contributed by atoms with van der Waals surface area (Å²) >= 11 is 0. The van der Waals surface area contributed by atoms with Crippen LogP contribution in [0.25, 0.3) is 0 Å². The van der Waals surface area contributed by atoms with Crippen molar-refractivity contribution in [1.82, 2.24) is 10.2 Å². The van der Waals surface area contributed by atoms with Gasteiger partial charge in [0.05, 0.1) is 5.69 Å². The van der Waals surface area contributed by atoms with E-state index < -0.39 is 6.10 Å². The van der Waals surface area contributed by atoms with Gasteiger partial charge >= 0.3 is 0 Å². The van der Waals surface area contributed by atoms with Gasteiger partial charge in [0.25, 0.3) is 5.91 Å². The number of hydrogen-bond donors (Lipinski definition) is 1. The van der Waals surface area contributed by atoms with Crippen LogP contribution in [0, 0.1) is 0 Å². The first-order chi connectivity index (χ1) is 10.0. The van der Waals surface area contributed by atoms with Crippen LogP contribution in [0.1, 0.15) is 6.92 Å². The van der Waals surface area contributed by atoms with Crippen molar-refractivity contribution < 1.29 is 14.3 Å². The van der Waals surface area contributed by atoms with Crippen LogP contribution in [-0.2, 0) is 9.59 Å². The van der Waals surface area contributed by atoms with Crippen LogP contribution in [0.5, 0.6) is 5.75 Å². The first-order valence-corrected chi connectivity index (χ1v) is 7.00. The molecule has 0 aromatic heterocycles. The smallest absolute Gasteiger partial charge is 0.268 e. The van der Waals surface area contributed by atoms with E-state index >= 15 is 0 Å². The van der Waals surface area contributed by atoms with E-state index in [1.165, 1.54) is 4.90 Å². The van der Waals surface area contributed by atoms with Crippen molar-refractivity contribution in [2.45, 2.75) is 13.0 Å². The summed E-state index contributed by atoms with van der Waals surface area (Å²) in [6, 6.07) is 7.27. The van der Waals surface area contributed by atoms with Gasteiger partial charge in [-0.1, -0.05) is 12.1 Å². The molecule has 0 bridgehead atoms. The number of fused-ring (bicyclic) bond motifs is 1. The first kappa shape index (κ1) is 18.3. The number of hydrogen-bond acceptors (Lipinski definition) is 4. The van der Waals surface area contributed by atoms with Gasteiger partial charge in [0.1, 0.15) is 12.3 Å². The molecule has 7 heteroatoms. The summed E-state index contributed by atoms with van der Waals surface area (Å²) < 4.78 is 5.56. The highest BCUT2D eigenvalue weighted by molar-refractivity contribution is 6.03. The number of halogens is 1. The Morgan fingerprint density at radius 3 is 2.77 bits per heavy atom. The van der Waals surface area contributed by atoms with Gasteiger partial charge in [-0.2, -0.15) is 0 Å². The summed E-state index contributed by atoms with van der Waals surface area (Å²) in [5.41, 5.74) is 0.649. The molecular weight excluding hydrogens is 306 g/mol. The molecule has 0 saturated carbocycles. The molecule has 1 unspecified atom stereocenters. The molecule has 1 aliphatic rings. The van der Waals surface area contributed by atoms with Crippen molar-refractivity contribution in [3.05, 3.63) is 24.3 Å². The van der Waals surface area contributed by atoms with E-state index in [9.17, 15) is 9.59 Å². The molecule has 0 fully saturated rings. The van der Waals surface area contributed by atoms with E-state index in [0.717, 1.165) is 0 Å². The van der Waals surface area contributed by atoms with Crippen molar-refractivity contribution in [1.29, 1.82) is 0 Å². The minimum atomic E-state index is -0.574. The first-order valence-electron chi connectivity index (χ1n) is 7.00. The van der Waals surface area contributed by atoms with Crippen LogP contribution >= 0.6 is 12.4 Å². The maximum absolute atomic E-state index is 12.3. The lowest BCUT2D eigenvalue weighted by atomic mass is 10.2. The summed E-state index contributed by atoms with van der Waals surface area (Å²) in [5, 5.41) is 2.99. The third-order valence-corrected chi connectivity index (χ3v) is 3.49. The van der Waals surface area contributed by atoms with Crippen molar-refractivity contribution in [3.63, 3.8) is 0 Å². The number of para-hydroxylation sites is 2. The van der Waals surface area contributed by atoms with E-state index in [-0.39, 0.29) is 30.8 Å². The molecule has 1 aliphatic heterocycles. The summed E-state index contributed by atoms with van der Waals surface area (Å²) in [4.78, 5) is 27.6. The molecule has 1 atom stereocenters. The van der Waals surface area contributed by atoms with Gasteiger partial charge in [0.2, 0.25) is 5.91 Å². The normalized spacial score (nSPS) is 16.4. The second kappa shape index (κ2) is 8.00. The Kier molecular flexibility index (Phi) is 6.64. The Morgan fingerprint density at radius 2 is 2.09 bits per heavy atom. The number of carbonyl (C=O) groups excluding carboxylic acids is 2. The quantitative estimate of drug-likeness (QED) is 0.873. The van der Waals surface area contributed by atoms with Gasteiger partial charge in [-0.3, -0.25) is 14.5 Å². The molecule has 1 aromatic rings.